The predicted molar refractivity (Wildman–Crippen MR) is 75.9 cm³/mol. The van der Waals surface area contributed by atoms with Crippen LogP contribution in [0.5, 0.6) is 0 Å². The van der Waals surface area contributed by atoms with Gasteiger partial charge in [-0.15, -0.1) is 0 Å². The highest BCUT2D eigenvalue weighted by Gasteiger charge is 2.39. The molecule has 0 aromatic heterocycles. The normalized spacial score (nSPS) is 16.1. The minimum atomic E-state index is -0.732. The van der Waals surface area contributed by atoms with E-state index in [0.29, 0.717) is 0 Å². The van der Waals surface area contributed by atoms with E-state index < -0.39 is 5.41 Å². The third kappa shape index (κ3) is 1.67. The fourth-order valence-corrected chi connectivity index (χ4v) is 3.13. The van der Waals surface area contributed by atoms with Gasteiger partial charge in [0.15, 0.2) is 0 Å². The van der Waals surface area contributed by atoms with Crippen LogP contribution in [0.15, 0.2) is 48.5 Å². The van der Waals surface area contributed by atoms with Gasteiger partial charge >= 0.3 is 0 Å². The van der Waals surface area contributed by atoms with Crippen molar-refractivity contribution in [3.63, 3.8) is 0 Å². The van der Waals surface area contributed by atoms with Gasteiger partial charge in [0.25, 0.3) is 0 Å². The topological polar surface area (TPSA) is 43.1 Å². The van der Waals surface area contributed by atoms with Gasteiger partial charge < -0.3 is 5.73 Å². The molecule has 19 heavy (non-hydrogen) atoms. The zero-order valence-electron chi connectivity index (χ0n) is 11.0. The van der Waals surface area contributed by atoms with Crippen LogP contribution in [0.4, 0.5) is 0 Å². The van der Waals surface area contributed by atoms with Crippen molar-refractivity contribution in [2.45, 2.75) is 25.2 Å². The Labute approximate surface area is 113 Å². The third-order valence-corrected chi connectivity index (χ3v) is 4.27. The van der Waals surface area contributed by atoms with Gasteiger partial charge in [0.2, 0.25) is 5.91 Å². The number of primary amides is 1. The minimum absolute atomic E-state index is 0.283. The summed E-state index contributed by atoms with van der Waals surface area (Å²) in [6, 6.07) is 16.3. The van der Waals surface area contributed by atoms with Gasteiger partial charge in [-0.05, 0) is 42.0 Å². The van der Waals surface area contributed by atoms with Crippen molar-refractivity contribution in [1.29, 1.82) is 0 Å². The van der Waals surface area contributed by atoms with E-state index in [0.717, 1.165) is 24.0 Å². The Morgan fingerprint density at radius 1 is 0.947 bits per heavy atom. The maximum Gasteiger partial charge on any atom is 0.232 e. The molecule has 1 amide bonds. The summed E-state index contributed by atoms with van der Waals surface area (Å²) in [5, 5.41) is 0. The van der Waals surface area contributed by atoms with Crippen LogP contribution in [0.3, 0.4) is 0 Å². The van der Waals surface area contributed by atoms with Gasteiger partial charge in [0.1, 0.15) is 0 Å². The van der Waals surface area contributed by atoms with Crippen LogP contribution in [0.25, 0.3) is 0 Å². The number of hydrogen-bond donors (Lipinski definition) is 1. The number of rotatable bonds is 1. The molecule has 2 aromatic rings. The molecule has 2 aromatic carbocycles. The number of nitrogens with two attached hydrogens (primary N) is 1. The van der Waals surface area contributed by atoms with Crippen molar-refractivity contribution in [3.05, 3.63) is 70.8 Å². The van der Waals surface area contributed by atoms with E-state index in [1.807, 2.05) is 43.3 Å². The zero-order valence-corrected chi connectivity index (χ0v) is 11.0. The first-order valence-corrected chi connectivity index (χ1v) is 6.60. The second-order valence-corrected chi connectivity index (χ2v) is 5.30. The first-order chi connectivity index (χ1) is 9.14. The Bertz CT molecular complexity index is 598. The molecule has 0 heterocycles. The molecule has 96 valence electrons. The Balaban J connectivity index is 2.35. The smallest absolute Gasteiger partial charge is 0.232 e. The Morgan fingerprint density at radius 2 is 1.37 bits per heavy atom. The quantitative estimate of drug-likeness (QED) is 0.831. The number of benzene rings is 2. The molecule has 0 saturated heterocycles. The Kier molecular flexibility index (Phi) is 2.67. The first-order valence-electron chi connectivity index (χ1n) is 6.60. The van der Waals surface area contributed by atoms with Crippen molar-refractivity contribution in [3.8, 4) is 0 Å². The summed E-state index contributed by atoms with van der Waals surface area (Å²) in [6.45, 7) is 1.94. The van der Waals surface area contributed by atoms with Crippen molar-refractivity contribution < 1.29 is 4.79 Å². The summed E-state index contributed by atoms with van der Waals surface area (Å²) >= 11 is 0. The van der Waals surface area contributed by atoms with E-state index in [9.17, 15) is 4.79 Å². The van der Waals surface area contributed by atoms with Crippen molar-refractivity contribution in [2.75, 3.05) is 0 Å². The molecule has 0 spiro atoms. The summed E-state index contributed by atoms with van der Waals surface area (Å²) in [5.74, 6) is -0.283. The standard InChI is InChI=1S/C17H17NO/c1-17(16(18)19)14-8-4-2-6-12(14)10-11-13-7-3-5-9-15(13)17/h2-9H,10-11H2,1H3,(H2,18,19). The molecule has 0 saturated carbocycles. The summed E-state index contributed by atoms with van der Waals surface area (Å²) in [6.07, 6.45) is 1.91. The van der Waals surface area contributed by atoms with Crippen LogP contribution in [0.1, 0.15) is 29.2 Å². The SMILES string of the molecule is CC1(C(N)=O)c2ccccc2CCc2ccccc21. The number of carbonyl (C=O) groups excluding carboxylic acids is 1. The molecule has 0 aliphatic heterocycles. The van der Waals surface area contributed by atoms with E-state index >= 15 is 0 Å². The third-order valence-electron chi connectivity index (χ3n) is 4.27. The molecule has 0 bridgehead atoms. The summed E-state index contributed by atoms with van der Waals surface area (Å²) < 4.78 is 0. The lowest BCUT2D eigenvalue weighted by Crippen LogP contribution is -2.40. The maximum absolute atomic E-state index is 12.2. The van der Waals surface area contributed by atoms with E-state index in [-0.39, 0.29) is 5.91 Å². The molecule has 0 unspecified atom stereocenters. The molecule has 0 atom stereocenters. The number of carbonyl (C=O) groups is 1. The van der Waals surface area contributed by atoms with E-state index in [1.165, 1.54) is 11.1 Å². The highest BCUT2D eigenvalue weighted by Crippen LogP contribution is 2.39. The molecule has 0 radical (unpaired) electrons. The molecule has 2 N–H and O–H groups in total. The van der Waals surface area contributed by atoms with Crippen LogP contribution in [0.2, 0.25) is 0 Å². The zero-order chi connectivity index (χ0) is 13.5. The highest BCUT2D eigenvalue weighted by atomic mass is 16.1. The average Bonchev–Trinajstić information content (AvgIpc) is 2.56. The summed E-state index contributed by atoms with van der Waals surface area (Å²) in [4.78, 5) is 12.2. The highest BCUT2D eigenvalue weighted by molar-refractivity contribution is 5.91. The van der Waals surface area contributed by atoms with Crippen molar-refractivity contribution in [1.82, 2.24) is 0 Å². The largest absolute Gasteiger partial charge is 0.369 e. The monoisotopic (exact) mass is 251 g/mol. The van der Waals surface area contributed by atoms with E-state index in [2.05, 4.69) is 12.1 Å². The van der Waals surface area contributed by atoms with Gasteiger partial charge in [0, 0.05) is 0 Å². The van der Waals surface area contributed by atoms with Gasteiger partial charge in [-0.2, -0.15) is 0 Å². The van der Waals surface area contributed by atoms with Gasteiger partial charge in [0.05, 0.1) is 5.41 Å². The first kappa shape index (κ1) is 12.0. The van der Waals surface area contributed by atoms with Gasteiger partial charge in [-0.25, -0.2) is 0 Å². The molecular formula is C17H17NO. The van der Waals surface area contributed by atoms with Crippen LogP contribution in [-0.4, -0.2) is 5.91 Å². The van der Waals surface area contributed by atoms with Crippen LogP contribution < -0.4 is 5.73 Å². The van der Waals surface area contributed by atoms with E-state index in [1.54, 1.807) is 0 Å². The maximum atomic E-state index is 12.2. The van der Waals surface area contributed by atoms with Gasteiger partial charge in [-0.1, -0.05) is 48.5 Å². The van der Waals surface area contributed by atoms with Crippen LogP contribution in [0, 0.1) is 0 Å². The Hall–Kier alpha value is -2.09. The molecule has 2 heteroatoms. The van der Waals surface area contributed by atoms with Crippen molar-refractivity contribution >= 4 is 5.91 Å². The van der Waals surface area contributed by atoms with Crippen LogP contribution >= 0.6 is 0 Å². The summed E-state index contributed by atoms with van der Waals surface area (Å²) in [5.41, 5.74) is 9.57. The number of fused-ring (bicyclic) bond motifs is 2. The molecule has 1 aliphatic carbocycles. The summed E-state index contributed by atoms with van der Waals surface area (Å²) in [7, 11) is 0. The number of amides is 1. The predicted octanol–water partition coefficient (Wildman–Crippen LogP) is 2.58. The second-order valence-electron chi connectivity index (χ2n) is 5.30. The molecule has 3 rings (SSSR count). The van der Waals surface area contributed by atoms with Crippen LogP contribution in [-0.2, 0) is 23.1 Å². The van der Waals surface area contributed by atoms with Gasteiger partial charge in [-0.3, -0.25) is 4.79 Å². The second kappa shape index (κ2) is 4.23. The molecule has 0 fully saturated rings. The van der Waals surface area contributed by atoms with E-state index in [4.69, 9.17) is 5.73 Å². The lowest BCUT2D eigenvalue weighted by Gasteiger charge is -2.29. The molecular weight excluding hydrogens is 234 g/mol. The Morgan fingerprint density at radius 3 is 1.79 bits per heavy atom. The fourth-order valence-electron chi connectivity index (χ4n) is 3.13. The van der Waals surface area contributed by atoms with Crippen molar-refractivity contribution in [2.24, 2.45) is 5.73 Å². The molecule has 1 aliphatic rings. The number of hydrogen-bond acceptors (Lipinski definition) is 1. The minimum Gasteiger partial charge on any atom is -0.369 e. The molecule has 2 nitrogen and oxygen atoms in total. The lowest BCUT2D eigenvalue weighted by molar-refractivity contribution is -0.121. The fraction of sp³-hybridized carbons (Fsp3) is 0.235. The lowest BCUT2D eigenvalue weighted by atomic mass is 9.73. The number of aryl methyl sites for hydroxylation is 2. The average molecular weight is 251 g/mol.